The molecule has 1 aliphatic carbocycles. The normalized spacial score (nSPS) is 19.5. The Labute approximate surface area is 92.1 Å². The van der Waals surface area contributed by atoms with Crippen LogP contribution in [0, 0.1) is 5.92 Å². The molecule has 0 aromatic carbocycles. The molecule has 0 saturated carbocycles. The number of carbonyl (C=O) groups excluding carboxylic acids is 1. The summed E-state index contributed by atoms with van der Waals surface area (Å²) in [6, 6.07) is -0.0734. The number of rotatable bonds is 5. The van der Waals surface area contributed by atoms with E-state index in [4.69, 9.17) is 5.73 Å². The van der Waals surface area contributed by atoms with Crippen molar-refractivity contribution in [2.24, 2.45) is 11.7 Å². The largest absolute Gasteiger partial charge is 0.356 e. The molecule has 2 atom stereocenters. The van der Waals surface area contributed by atoms with Gasteiger partial charge in [-0.2, -0.15) is 0 Å². The quantitative estimate of drug-likeness (QED) is 0.677. The number of nitrogens with two attached hydrogens (primary N) is 1. The average molecular weight is 210 g/mol. The van der Waals surface area contributed by atoms with E-state index >= 15 is 0 Å². The SMILES string of the molecule is CC(N)C(C)C(=O)NCCC1=CCCC1. The van der Waals surface area contributed by atoms with E-state index < -0.39 is 0 Å². The predicted molar refractivity (Wildman–Crippen MR) is 62.4 cm³/mol. The van der Waals surface area contributed by atoms with Crippen molar-refractivity contribution in [2.75, 3.05) is 6.54 Å². The van der Waals surface area contributed by atoms with Gasteiger partial charge in [-0.15, -0.1) is 0 Å². The van der Waals surface area contributed by atoms with Gasteiger partial charge >= 0.3 is 0 Å². The van der Waals surface area contributed by atoms with Gasteiger partial charge in [0.2, 0.25) is 5.91 Å². The summed E-state index contributed by atoms with van der Waals surface area (Å²) in [6.07, 6.45) is 6.98. The smallest absolute Gasteiger partial charge is 0.224 e. The lowest BCUT2D eigenvalue weighted by atomic mass is 10.0. The maximum absolute atomic E-state index is 11.5. The summed E-state index contributed by atoms with van der Waals surface area (Å²) in [5.41, 5.74) is 7.15. The van der Waals surface area contributed by atoms with Crippen LogP contribution in [0.2, 0.25) is 0 Å². The van der Waals surface area contributed by atoms with Gasteiger partial charge in [0.25, 0.3) is 0 Å². The molecule has 0 aromatic rings. The van der Waals surface area contributed by atoms with Crippen molar-refractivity contribution < 1.29 is 4.79 Å². The second kappa shape index (κ2) is 5.91. The molecule has 1 aliphatic rings. The number of carbonyl (C=O) groups is 1. The van der Waals surface area contributed by atoms with Crippen molar-refractivity contribution in [3.05, 3.63) is 11.6 Å². The summed E-state index contributed by atoms with van der Waals surface area (Å²) < 4.78 is 0. The molecule has 0 spiro atoms. The van der Waals surface area contributed by atoms with Gasteiger partial charge in [-0.1, -0.05) is 18.6 Å². The Kier molecular flexibility index (Phi) is 4.82. The Morgan fingerprint density at radius 3 is 2.87 bits per heavy atom. The van der Waals surface area contributed by atoms with Gasteiger partial charge in [0.1, 0.15) is 0 Å². The Hall–Kier alpha value is -0.830. The van der Waals surface area contributed by atoms with Crippen LogP contribution in [0.15, 0.2) is 11.6 Å². The fourth-order valence-electron chi connectivity index (χ4n) is 1.71. The molecule has 3 heteroatoms. The molecule has 1 amide bonds. The monoisotopic (exact) mass is 210 g/mol. The highest BCUT2D eigenvalue weighted by molar-refractivity contribution is 5.78. The molecule has 0 bridgehead atoms. The summed E-state index contributed by atoms with van der Waals surface area (Å²) in [6.45, 7) is 4.49. The lowest BCUT2D eigenvalue weighted by Crippen LogP contribution is -2.38. The summed E-state index contributed by atoms with van der Waals surface area (Å²) >= 11 is 0. The van der Waals surface area contributed by atoms with E-state index in [0.29, 0.717) is 0 Å². The van der Waals surface area contributed by atoms with Gasteiger partial charge < -0.3 is 11.1 Å². The second-order valence-electron chi connectivity index (χ2n) is 4.44. The van der Waals surface area contributed by atoms with E-state index in [-0.39, 0.29) is 17.9 Å². The van der Waals surface area contributed by atoms with Gasteiger partial charge in [-0.05, 0) is 32.6 Å². The Morgan fingerprint density at radius 2 is 2.33 bits per heavy atom. The minimum Gasteiger partial charge on any atom is -0.356 e. The molecule has 3 N–H and O–H groups in total. The standard InChI is InChI=1S/C12H22N2O/c1-9(10(2)13)12(15)14-8-7-11-5-3-4-6-11/h5,9-10H,3-4,6-8,13H2,1-2H3,(H,14,15). The highest BCUT2D eigenvalue weighted by Gasteiger charge is 2.16. The van der Waals surface area contributed by atoms with Crippen LogP contribution in [0.3, 0.4) is 0 Å². The fourth-order valence-corrected chi connectivity index (χ4v) is 1.71. The van der Waals surface area contributed by atoms with Crippen LogP contribution in [0.25, 0.3) is 0 Å². The first-order valence-corrected chi connectivity index (χ1v) is 5.82. The molecule has 15 heavy (non-hydrogen) atoms. The van der Waals surface area contributed by atoms with E-state index in [0.717, 1.165) is 13.0 Å². The highest BCUT2D eigenvalue weighted by atomic mass is 16.1. The molecular formula is C12H22N2O. The molecule has 0 radical (unpaired) electrons. The summed E-state index contributed by atoms with van der Waals surface area (Å²) in [7, 11) is 0. The van der Waals surface area contributed by atoms with Crippen molar-refractivity contribution in [1.82, 2.24) is 5.32 Å². The van der Waals surface area contributed by atoms with Crippen LogP contribution in [-0.2, 0) is 4.79 Å². The van der Waals surface area contributed by atoms with E-state index in [1.807, 2.05) is 13.8 Å². The first-order valence-electron chi connectivity index (χ1n) is 5.82. The average Bonchev–Trinajstić information content (AvgIpc) is 2.69. The molecule has 0 heterocycles. The number of hydrogen-bond acceptors (Lipinski definition) is 2. The minimum absolute atomic E-state index is 0.0728. The van der Waals surface area contributed by atoms with Crippen LogP contribution in [0.1, 0.15) is 39.5 Å². The van der Waals surface area contributed by atoms with Crippen LogP contribution in [0.4, 0.5) is 0 Å². The molecule has 0 aromatic heterocycles. The zero-order valence-corrected chi connectivity index (χ0v) is 9.75. The van der Waals surface area contributed by atoms with E-state index in [1.54, 1.807) is 0 Å². The number of hydrogen-bond donors (Lipinski definition) is 2. The van der Waals surface area contributed by atoms with Crippen molar-refractivity contribution >= 4 is 5.91 Å². The zero-order valence-electron chi connectivity index (χ0n) is 9.75. The number of amides is 1. The summed E-state index contributed by atoms with van der Waals surface area (Å²) in [5.74, 6) is -0.0221. The third kappa shape index (κ3) is 4.04. The second-order valence-corrected chi connectivity index (χ2v) is 4.44. The fraction of sp³-hybridized carbons (Fsp3) is 0.750. The van der Waals surface area contributed by atoms with E-state index in [9.17, 15) is 4.79 Å². The van der Waals surface area contributed by atoms with Gasteiger partial charge in [0.05, 0.1) is 0 Å². The Bertz CT molecular complexity index is 246. The topological polar surface area (TPSA) is 55.1 Å². The molecule has 0 aliphatic heterocycles. The number of allylic oxidation sites excluding steroid dienone is 1. The van der Waals surface area contributed by atoms with Gasteiger partial charge in [-0.25, -0.2) is 0 Å². The molecule has 0 saturated heterocycles. The third-order valence-corrected chi connectivity index (χ3v) is 3.08. The summed E-state index contributed by atoms with van der Waals surface area (Å²) in [5, 5.41) is 2.93. The number of nitrogens with one attached hydrogen (secondary N) is 1. The van der Waals surface area contributed by atoms with Gasteiger partial charge in [0, 0.05) is 18.5 Å². The van der Waals surface area contributed by atoms with Crippen LogP contribution in [0.5, 0.6) is 0 Å². The summed E-state index contributed by atoms with van der Waals surface area (Å²) in [4.78, 5) is 11.5. The zero-order chi connectivity index (χ0) is 11.3. The highest BCUT2D eigenvalue weighted by Crippen LogP contribution is 2.19. The van der Waals surface area contributed by atoms with Crippen LogP contribution < -0.4 is 11.1 Å². The molecular weight excluding hydrogens is 188 g/mol. The maximum atomic E-state index is 11.5. The van der Waals surface area contributed by atoms with Crippen molar-refractivity contribution in [3.8, 4) is 0 Å². The van der Waals surface area contributed by atoms with Gasteiger partial charge in [0.15, 0.2) is 0 Å². The maximum Gasteiger partial charge on any atom is 0.224 e. The minimum atomic E-state index is -0.0949. The molecule has 2 unspecified atom stereocenters. The van der Waals surface area contributed by atoms with Crippen molar-refractivity contribution in [3.63, 3.8) is 0 Å². The Balaban J connectivity index is 2.16. The first kappa shape index (κ1) is 12.2. The lowest BCUT2D eigenvalue weighted by molar-refractivity contribution is -0.124. The van der Waals surface area contributed by atoms with Crippen LogP contribution in [-0.4, -0.2) is 18.5 Å². The molecule has 0 fully saturated rings. The van der Waals surface area contributed by atoms with Crippen molar-refractivity contribution in [2.45, 2.75) is 45.6 Å². The van der Waals surface area contributed by atoms with Crippen LogP contribution >= 0.6 is 0 Å². The lowest BCUT2D eigenvalue weighted by Gasteiger charge is -2.15. The van der Waals surface area contributed by atoms with E-state index in [2.05, 4.69) is 11.4 Å². The third-order valence-electron chi connectivity index (χ3n) is 3.08. The Morgan fingerprint density at radius 1 is 1.60 bits per heavy atom. The predicted octanol–water partition coefficient (Wildman–Crippen LogP) is 1.59. The molecule has 3 nitrogen and oxygen atoms in total. The first-order chi connectivity index (χ1) is 7.11. The molecule has 86 valence electrons. The molecule has 1 rings (SSSR count). The van der Waals surface area contributed by atoms with Gasteiger partial charge in [-0.3, -0.25) is 4.79 Å². The van der Waals surface area contributed by atoms with Crippen molar-refractivity contribution in [1.29, 1.82) is 0 Å². The van der Waals surface area contributed by atoms with E-state index in [1.165, 1.54) is 24.8 Å².